The predicted molar refractivity (Wildman–Crippen MR) is 63.0 cm³/mol. The fraction of sp³-hybridized carbons (Fsp3) is 0.455. The Morgan fingerprint density at radius 1 is 1.17 bits per heavy atom. The molecule has 0 nitrogen and oxygen atoms in total. The molecule has 0 amide bonds. The van der Waals surface area contributed by atoms with Gasteiger partial charge in [-0.05, 0) is 5.56 Å². The van der Waals surface area contributed by atoms with E-state index in [-0.39, 0.29) is 5.41 Å². The van der Waals surface area contributed by atoms with Crippen molar-refractivity contribution in [1.29, 1.82) is 0 Å². The fourth-order valence-electron chi connectivity index (χ4n) is 1.10. The fourth-order valence-corrected chi connectivity index (χ4v) is 1.46. The van der Waals surface area contributed by atoms with Gasteiger partial charge < -0.3 is 0 Å². The Morgan fingerprint density at radius 2 is 1.67 bits per heavy atom. The van der Waals surface area contributed by atoms with Crippen LogP contribution in [0.1, 0.15) is 26.3 Å². The van der Waals surface area contributed by atoms with Gasteiger partial charge in [-0.25, -0.2) is 0 Å². The zero-order chi connectivity index (χ0) is 9.19. The van der Waals surface area contributed by atoms with Crippen molar-refractivity contribution in [3.05, 3.63) is 35.9 Å². The number of alkyl halides is 1. The summed E-state index contributed by atoms with van der Waals surface area (Å²) in [5, 5.41) is 0. The Morgan fingerprint density at radius 3 is 2.08 bits per heavy atom. The van der Waals surface area contributed by atoms with Crippen LogP contribution in [0, 0.1) is 0 Å². The summed E-state index contributed by atoms with van der Waals surface area (Å²) in [5.74, 6) is 0. The minimum atomic E-state index is 0.280. The van der Waals surface area contributed by atoms with E-state index in [1.54, 1.807) is 0 Å². The summed E-state index contributed by atoms with van der Waals surface area (Å²) < 4.78 is 0.650. The van der Waals surface area contributed by atoms with Gasteiger partial charge in [0.25, 0.3) is 0 Å². The Hall–Kier alpha value is -0.0500. The van der Waals surface area contributed by atoms with Crippen LogP contribution >= 0.6 is 22.6 Å². The Labute approximate surface area is 88.5 Å². The van der Waals surface area contributed by atoms with Gasteiger partial charge in [0.1, 0.15) is 0 Å². The van der Waals surface area contributed by atoms with Gasteiger partial charge in [-0.2, -0.15) is 0 Å². The van der Waals surface area contributed by atoms with Gasteiger partial charge in [0.05, 0.1) is 0 Å². The summed E-state index contributed by atoms with van der Waals surface area (Å²) in [6.07, 6.45) is 0. The molecule has 0 spiro atoms. The maximum atomic E-state index is 2.49. The van der Waals surface area contributed by atoms with Crippen LogP contribution in [0.2, 0.25) is 0 Å². The first-order valence-corrected chi connectivity index (χ1v) is 5.49. The molecule has 0 aliphatic heterocycles. The van der Waals surface area contributed by atoms with Crippen molar-refractivity contribution >= 4 is 22.6 Å². The molecular weight excluding hydrogens is 259 g/mol. The highest BCUT2D eigenvalue weighted by atomic mass is 127. The van der Waals surface area contributed by atoms with E-state index in [0.29, 0.717) is 3.92 Å². The molecule has 66 valence electrons. The third kappa shape index (κ3) is 2.00. The summed E-state index contributed by atoms with van der Waals surface area (Å²) in [4.78, 5) is 0. The van der Waals surface area contributed by atoms with Gasteiger partial charge in [0.15, 0.2) is 0 Å². The molecule has 0 aromatic heterocycles. The molecule has 1 aromatic carbocycles. The SMILES string of the molecule is CC(I)C(C)(C)c1ccccc1. The average molecular weight is 274 g/mol. The standard InChI is InChI=1S/C11H15I/c1-9(12)11(2,3)10-7-5-4-6-8-10/h4-9H,1-3H3. The lowest BCUT2D eigenvalue weighted by molar-refractivity contribution is 0.535. The van der Waals surface area contributed by atoms with E-state index in [4.69, 9.17) is 0 Å². The molecule has 0 saturated carbocycles. The number of benzene rings is 1. The Bertz CT molecular complexity index is 236. The lowest BCUT2D eigenvalue weighted by Crippen LogP contribution is -2.26. The summed E-state index contributed by atoms with van der Waals surface area (Å²) in [6, 6.07) is 10.7. The number of rotatable bonds is 2. The molecule has 1 rings (SSSR count). The zero-order valence-corrected chi connectivity index (χ0v) is 10.00. The lowest BCUT2D eigenvalue weighted by atomic mass is 9.82. The van der Waals surface area contributed by atoms with Gasteiger partial charge in [0.2, 0.25) is 0 Å². The molecule has 0 bridgehead atoms. The quantitative estimate of drug-likeness (QED) is 0.568. The second-order valence-corrected chi connectivity index (χ2v) is 5.57. The summed E-state index contributed by atoms with van der Waals surface area (Å²) in [6.45, 7) is 6.84. The molecule has 0 radical (unpaired) electrons. The van der Waals surface area contributed by atoms with Crippen molar-refractivity contribution < 1.29 is 0 Å². The van der Waals surface area contributed by atoms with Crippen LogP contribution in [0.25, 0.3) is 0 Å². The molecule has 0 aliphatic rings. The summed E-state index contributed by atoms with van der Waals surface area (Å²) in [7, 11) is 0. The third-order valence-electron chi connectivity index (χ3n) is 2.51. The van der Waals surface area contributed by atoms with Crippen LogP contribution in [-0.2, 0) is 5.41 Å². The molecule has 1 heteroatoms. The van der Waals surface area contributed by atoms with Gasteiger partial charge >= 0.3 is 0 Å². The Kier molecular flexibility index (Phi) is 3.16. The maximum Gasteiger partial charge on any atom is 0.0173 e. The van der Waals surface area contributed by atoms with Crippen molar-refractivity contribution in [2.45, 2.75) is 30.1 Å². The molecule has 1 atom stereocenters. The first-order valence-electron chi connectivity index (χ1n) is 4.24. The van der Waals surface area contributed by atoms with E-state index in [0.717, 1.165) is 0 Å². The van der Waals surface area contributed by atoms with Crippen LogP contribution in [0.3, 0.4) is 0 Å². The van der Waals surface area contributed by atoms with E-state index < -0.39 is 0 Å². The molecule has 1 aromatic rings. The smallest absolute Gasteiger partial charge is 0.0173 e. The van der Waals surface area contributed by atoms with E-state index in [2.05, 4.69) is 73.7 Å². The Balaban J connectivity index is 2.98. The highest BCUT2D eigenvalue weighted by molar-refractivity contribution is 14.1. The molecule has 1 unspecified atom stereocenters. The highest BCUT2D eigenvalue weighted by Crippen LogP contribution is 2.31. The van der Waals surface area contributed by atoms with Crippen LogP contribution in [-0.4, -0.2) is 3.92 Å². The number of halogens is 1. The normalized spacial score (nSPS) is 14.3. The highest BCUT2D eigenvalue weighted by Gasteiger charge is 2.25. The summed E-state index contributed by atoms with van der Waals surface area (Å²) >= 11 is 2.49. The lowest BCUT2D eigenvalue weighted by Gasteiger charge is -2.28. The molecule has 0 saturated heterocycles. The largest absolute Gasteiger partial charge is 0.0820 e. The maximum absolute atomic E-state index is 2.49. The molecule has 0 fully saturated rings. The minimum absolute atomic E-state index is 0.280. The molecule has 0 aliphatic carbocycles. The van der Waals surface area contributed by atoms with E-state index in [1.807, 2.05) is 0 Å². The molecule has 0 N–H and O–H groups in total. The second kappa shape index (κ2) is 3.77. The molecule has 12 heavy (non-hydrogen) atoms. The third-order valence-corrected chi connectivity index (χ3v) is 4.07. The topological polar surface area (TPSA) is 0 Å². The van der Waals surface area contributed by atoms with Gasteiger partial charge in [-0.3, -0.25) is 0 Å². The second-order valence-electron chi connectivity index (χ2n) is 3.70. The number of hydrogen-bond donors (Lipinski definition) is 0. The van der Waals surface area contributed by atoms with Crippen molar-refractivity contribution in [1.82, 2.24) is 0 Å². The van der Waals surface area contributed by atoms with E-state index in [9.17, 15) is 0 Å². The molecule has 0 heterocycles. The average Bonchev–Trinajstić information content (AvgIpc) is 2.06. The van der Waals surface area contributed by atoms with Crippen LogP contribution in [0.5, 0.6) is 0 Å². The van der Waals surface area contributed by atoms with Gasteiger partial charge in [0, 0.05) is 9.34 Å². The minimum Gasteiger partial charge on any atom is -0.0820 e. The van der Waals surface area contributed by atoms with Crippen molar-refractivity contribution in [3.63, 3.8) is 0 Å². The van der Waals surface area contributed by atoms with Crippen molar-refractivity contribution in [2.24, 2.45) is 0 Å². The molecular formula is C11H15I. The predicted octanol–water partition coefficient (Wildman–Crippen LogP) is 3.79. The van der Waals surface area contributed by atoms with E-state index >= 15 is 0 Å². The van der Waals surface area contributed by atoms with Gasteiger partial charge in [-0.1, -0.05) is 73.7 Å². The van der Waals surface area contributed by atoms with Crippen LogP contribution in [0.15, 0.2) is 30.3 Å². The first kappa shape index (κ1) is 10.0. The van der Waals surface area contributed by atoms with Crippen molar-refractivity contribution in [3.8, 4) is 0 Å². The van der Waals surface area contributed by atoms with Crippen molar-refractivity contribution in [2.75, 3.05) is 0 Å². The van der Waals surface area contributed by atoms with Gasteiger partial charge in [-0.15, -0.1) is 0 Å². The zero-order valence-electron chi connectivity index (χ0n) is 7.84. The van der Waals surface area contributed by atoms with Crippen LogP contribution < -0.4 is 0 Å². The van der Waals surface area contributed by atoms with E-state index in [1.165, 1.54) is 5.56 Å². The first-order chi connectivity index (χ1) is 5.55. The number of hydrogen-bond acceptors (Lipinski definition) is 0. The monoisotopic (exact) mass is 274 g/mol. The van der Waals surface area contributed by atoms with Crippen LogP contribution in [0.4, 0.5) is 0 Å². The summed E-state index contributed by atoms with van der Waals surface area (Å²) in [5.41, 5.74) is 1.70.